The van der Waals surface area contributed by atoms with Crippen molar-refractivity contribution < 1.29 is 39.3 Å². The Morgan fingerprint density at radius 2 is 1.50 bits per heavy atom. The topological polar surface area (TPSA) is 277 Å². The lowest BCUT2D eigenvalue weighted by Gasteiger charge is -2.21. The molecule has 2 aromatic heterocycles. The van der Waals surface area contributed by atoms with E-state index in [1.807, 2.05) is 4.90 Å². The summed E-state index contributed by atoms with van der Waals surface area (Å²) >= 11 is 0. The van der Waals surface area contributed by atoms with Crippen molar-refractivity contribution in [2.45, 2.75) is 44.3 Å². The molecule has 0 aliphatic carbocycles. The Labute approximate surface area is 238 Å². The second kappa shape index (κ2) is 13.6. The number of rotatable bonds is 14. The minimum absolute atomic E-state index is 0.0164. The van der Waals surface area contributed by atoms with E-state index >= 15 is 0 Å². The minimum atomic E-state index is -1.54. The first-order valence-electron chi connectivity index (χ1n) is 12.5. The smallest absolute Gasteiger partial charge is 0.326 e. The van der Waals surface area contributed by atoms with E-state index in [1.54, 1.807) is 19.2 Å². The summed E-state index contributed by atoms with van der Waals surface area (Å²) in [5.41, 5.74) is 13.4. The van der Waals surface area contributed by atoms with E-state index in [9.17, 15) is 29.1 Å². The van der Waals surface area contributed by atoms with Crippen LogP contribution in [0.2, 0.25) is 0 Å². The highest BCUT2D eigenvalue weighted by atomic mass is 16.4. The maximum absolute atomic E-state index is 12.9. The van der Waals surface area contributed by atoms with Gasteiger partial charge >= 0.3 is 17.9 Å². The summed E-state index contributed by atoms with van der Waals surface area (Å²) in [7, 11) is 1.78. The van der Waals surface area contributed by atoms with Crippen LogP contribution in [-0.4, -0.2) is 84.1 Å². The van der Waals surface area contributed by atoms with Gasteiger partial charge in [0.2, 0.25) is 11.9 Å². The zero-order chi connectivity index (χ0) is 31.0. The molecule has 222 valence electrons. The first kappa shape index (κ1) is 30.9. The Hall–Kier alpha value is -5.61. The standard InChI is InChI=1S/C25H29N9O8/c1-34(11-13-10-28-21-19(29-13)20(26)32-25(27)33-21)14-4-2-12(3-5-14)22(39)30-15(6-8-17(35)36)23(40)31-16(24(41)42)7-9-18(37)38/h2-5,10,15-16H,6-9,11H2,1H3,(H,30,39)(H,31,40)(H,35,36)(H,37,38)(H,41,42)(H4,26,27,28,32,33)/t15-,16-/m0/s1. The zero-order valence-electron chi connectivity index (χ0n) is 22.4. The maximum Gasteiger partial charge on any atom is 0.326 e. The van der Waals surface area contributed by atoms with Gasteiger partial charge in [0.05, 0.1) is 18.4 Å². The monoisotopic (exact) mass is 583 g/mol. The van der Waals surface area contributed by atoms with Crippen molar-refractivity contribution in [2.24, 2.45) is 0 Å². The molecule has 0 radical (unpaired) electrons. The molecule has 2 atom stereocenters. The molecule has 1 aromatic carbocycles. The number of nitrogen functional groups attached to an aromatic ring is 2. The molecule has 42 heavy (non-hydrogen) atoms. The first-order valence-corrected chi connectivity index (χ1v) is 12.5. The van der Waals surface area contributed by atoms with Crippen LogP contribution in [0.15, 0.2) is 30.5 Å². The number of amides is 2. The Balaban J connectivity index is 1.68. The molecule has 0 spiro atoms. The van der Waals surface area contributed by atoms with Gasteiger partial charge in [0, 0.05) is 31.1 Å². The van der Waals surface area contributed by atoms with Gasteiger partial charge in [-0.2, -0.15) is 9.97 Å². The first-order chi connectivity index (χ1) is 19.8. The summed E-state index contributed by atoms with van der Waals surface area (Å²) in [5.74, 6) is -5.53. The number of carbonyl (C=O) groups is 5. The molecule has 3 aromatic rings. The third kappa shape index (κ3) is 8.44. The van der Waals surface area contributed by atoms with E-state index in [1.165, 1.54) is 18.3 Å². The number of hydrogen-bond acceptors (Lipinski definition) is 12. The van der Waals surface area contributed by atoms with E-state index in [-0.39, 0.29) is 29.4 Å². The highest BCUT2D eigenvalue weighted by molar-refractivity contribution is 5.98. The van der Waals surface area contributed by atoms with E-state index in [2.05, 4.69) is 30.6 Å². The molecule has 0 bridgehead atoms. The highest BCUT2D eigenvalue weighted by Gasteiger charge is 2.28. The van der Waals surface area contributed by atoms with Crippen molar-refractivity contribution in [1.29, 1.82) is 0 Å². The normalized spacial score (nSPS) is 12.2. The zero-order valence-corrected chi connectivity index (χ0v) is 22.4. The van der Waals surface area contributed by atoms with Gasteiger partial charge in [0.1, 0.15) is 12.1 Å². The number of anilines is 3. The van der Waals surface area contributed by atoms with Gasteiger partial charge in [-0.1, -0.05) is 0 Å². The van der Waals surface area contributed by atoms with Gasteiger partial charge in [-0.05, 0) is 37.1 Å². The Morgan fingerprint density at radius 3 is 2.10 bits per heavy atom. The molecule has 0 unspecified atom stereocenters. The van der Waals surface area contributed by atoms with Gasteiger partial charge in [0.15, 0.2) is 17.0 Å². The third-order valence-electron chi connectivity index (χ3n) is 6.00. The van der Waals surface area contributed by atoms with Gasteiger partial charge in [0.25, 0.3) is 5.91 Å². The van der Waals surface area contributed by atoms with Gasteiger partial charge < -0.3 is 42.3 Å². The maximum atomic E-state index is 12.9. The molecule has 17 nitrogen and oxygen atoms in total. The number of carboxylic acids is 3. The Bertz CT molecular complexity index is 1500. The van der Waals surface area contributed by atoms with Crippen LogP contribution in [0.3, 0.4) is 0 Å². The van der Waals surface area contributed by atoms with Crippen LogP contribution in [0.4, 0.5) is 17.5 Å². The molecule has 0 saturated heterocycles. The van der Waals surface area contributed by atoms with Crippen molar-refractivity contribution in [1.82, 2.24) is 30.6 Å². The molecular formula is C25H29N9O8. The van der Waals surface area contributed by atoms with Crippen LogP contribution in [0.25, 0.3) is 11.2 Å². The van der Waals surface area contributed by atoms with E-state index in [0.717, 1.165) is 0 Å². The molecule has 0 fully saturated rings. The van der Waals surface area contributed by atoms with Crippen LogP contribution in [0.1, 0.15) is 41.7 Å². The van der Waals surface area contributed by atoms with E-state index in [0.29, 0.717) is 23.4 Å². The van der Waals surface area contributed by atoms with Crippen molar-refractivity contribution in [3.05, 3.63) is 41.7 Å². The number of benzene rings is 1. The minimum Gasteiger partial charge on any atom is -0.481 e. The molecule has 17 heteroatoms. The number of aliphatic carboxylic acids is 3. The number of nitrogens with one attached hydrogen (secondary N) is 2. The summed E-state index contributed by atoms with van der Waals surface area (Å²) in [6, 6.07) is 3.32. The molecule has 2 amide bonds. The second-order valence-electron chi connectivity index (χ2n) is 9.19. The number of nitrogens with zero attached hydrogens (tertiary/aromatic N) is 5. The van der Waals surface area contributed by atoms with Crippen molar-refractivity contribution in [3.8, 4) is 0 Å². The van der Waals surface area contributed by atoms with Crippen LogP contribution < -0.4 is 27.0 Å². The average molecular weight is 584 g/mol. The lowest BCUT2D eigenvalue weighted by Crippen LogP contribution is -2.51. The summed E-state index contributed by atoms with van der Waals surface area (Å²) < 4.78 is 0. The largest absolute Gasteiger partial charge is 0.481 e. The molecule has 0 aliphatic rings. The van der Waals surface area contributed by atoms with E-state index < -0.39 is 61.1 Å². The summed E-state index contributed by atoms with van der Waals surface area (Å²) in [5, 5.41) is 31.8. The number of aromatic nitrogens is 4. The SMILES string of the molecule is CN(Cc1cnc2nc(N)nc(N)c2n1)c1ccc(C(=O)N[C@@H](CCC(=O)O)C(=O)N[C@@H](CCC(=O)O)C(=O)O)cc1. The van der Waals surface area contributed by atoms with Gasteiger partial charge in [-0.3, -0.25) is 19.2 Å². The Morgan fingerprint density at radius 1 is 0.881 bits per heavy atom. The molecule has 3 rings (SSSR count). The van der Waals surface area contributed by atoms with Crippen molar-refractivity contribution in [3.63, 3.8) is 0 Å². The third-order valence-corrected chi connectivity index (χ3v) is 6.00. The lowest BCUT2D eigenvalue weighted by atomic mass is 10.1. The second-order valence-corrected chi connectivity index (χ2v) is 9.19. The van der Waals surface area contributed by atoms with Crippen molar-refractivity contribution in [2.75, 3.05) is 23.4 Å². The predicted molar refractivity (Wildman–Crippen MR) is 147 cm³/mol. The van der Waals surface area contributed by atoms with Crippen LogP contribution >= 0.6 is 0 Å². The number of hydrogen-bond donors (Lipinski definition) is 7. The fourth-order valence-corrected chi connectivity index (χ4v) is 3.84. The summed E-state index contributed by atoms with van der Waals surface area (Å²) in [6.07, 6.45) is -0.210. The number of nitrogens with two attached hydrogens (primary N) is 2. The van der Waals surface area contributed by atoms with E-state index in [4.69, 9.17) is 21.7 Å². The molecule has 0 aliphatic heterocycles. The number of carbonyl (C=O) groups excluding carboxylic acids is 2. The Kier molecular flexibility index (Phi) is 10.0. The van der Waals surface area contributed by atoms with Crippen molar-refractivity contribution >= 4 is 58.3 Å². The van der Waals surface area contributed by atoms with Crippen LogP contribution in [-0.2, 0) is 25.7 Å². The van der Waals surface area contributed by atoms with Crippen LogP contribution in [0.5, 0.6) is 0 Å². The highest BCUT2D eigenvalue weighted by Crippen LogP contribution is 2.19. The number of carboxylic acid groups (broad SMARTS) is 3. The predicted octanol–water partition coefficient (Wildman–Crippen LogP) is -0.382. The average Bonchev–Trinajstić information content (AvgIpc) is 2.93. The fraction of sp³-hybridized carbons (Fsp3) is 0.320. The van der Waals surface area contributed by atoms with Gasteiger partial charge in [-0.25, -0.2) is 14.8 Å². The van der Waals surface area contributed by atoms with Crippen LogP contribution in [0, 0.1) is 0 Å². The summed E-state index contributed by atoms with van der Waals surface area (Å²) in [6.45, 7) is 0.308. The number of fused-ring (bicyclic) bond motifs is 1. The quantitative estimate of drug-likeness (QED) is 0.127. The molecular weight excluding hydrogens is 554 g/mol. The fourth-order valence-electron chi connectivity index (χ4n) is 3.84. The van der Waals surface area contributed by atoms with Gasteiger partial charge in [-0.15, -0.1) is 0 Å². The molecule has 2 heterocycles. The molecule has 9 N–H and O–H groups in total. The lowest BCUT2D eigenvalue weighted by molar-refractivity contribution is -0.143. The summed E-state index contributed by atoms with van der Waals surface area (Å²) in [4.78, 5) is 77.3. The molecule has 0 saturated carbocycles.